The number of rotatable bonds is 1. The first kappa shape index (κ1) is 16.8. The van der Waals surface area contributed by atoms with Gasteiger partial charge in [0.25, 0.3) is 10.0 Å². The second-order valence-electron chi connectivity index (χ2n) is 4.79. The van der Waals surface area contributed by atoms with E-state index in [1.807, 2.05) is 0 Å². The Kier molecular flexibility index (Phi) is 4.60. The van der Waals surface area contributed by atoms with Gasteiger partial charge in [0.1, 0.15) is 12.4 Å². The number of carbonyl (C=O) groups excluding carboxylic acids is 1. The third-order valence-electron chi connectivity index (χ3n) is 3.06. The molecule has 0 radical (unpaired) electrons. The summed E-state index contributed by atoms with van der Waals surface area (Å²) in [4.78, 5) is 11.3. The maximum absolute atomic E-state index is 12.4. The second kappa shape index (κ2) is 6.29. The summed E-state index contributed by atoms with van der Waals surface area (Å²) in [5.74, 6) is 0.0595. The molecule has 122 valence electrons. The summed E-state index contributed by atoms with van der Waals surface area (Å²) in [7, 11) is -3.77. The molecule has 7 heteroatoms. The van der Waals surface area contributed by atoms with Crippen LogP contribution in [0.3, 0.4) is 0 Å². The molecule has 3 rings (SSSR count). The number of nitrogens with one attached hydrogen (secondary N) is 1. The SMILES string of the molecule is C.CC(=O)Oc1ccc2cc1NS(=O)(=O)c1cccc(c1)CO2. The molecule has 0 aromatic heterocycles. The summed E-state index contributed by atoms with van der Waals surface area (Å²) >= 11 is 0. The highest BCUT2D eigenvalue weighted by Gasteiger charge is 2.20. The fraction of sp³-hybridized carbons (Fsp3) is 0.188. The Morgan fingerprint density at radius 3 is 2.74 bits per heavy atom. The van der Waals surface area contributed by atoms with Crippen LogP contribution in [-0.4, -0.2) is 14.4 Å². The van der Waals surface area contributed by atoms with E-state index in [2.05, 4.69) is 4.72 Å². The monoisotopic (exact) mass is 335 g/mol. The molecule has 4 bridgehead atoms. The molecular weight excluding hydrogens is 318 g/mol. The van der Waals surface area contributed by atoms with Gasteiger partial charge in [-0.1, -0.05) is 19.6 Å². The zero-order chi connectivity index (χ0) is 15.7. The molecule has 0 saturated carbocycles. The van der Waals surface area contributed by atoms with Crippen molar-refractivity contribution in [2.24, 2.45) is 0 Å². The molecule has 0 amide bonds. The highest BCUT2D eigenvalue weighted by molar-refractivity contribution is 7.92. The fourth-order valence-corrected chi connectivity index (χ4v) is 3.23. The number of sulfonamides is 1. The zero-order valence-corrected chi connectivity index (χ0v) is 12.5. The van der Waals surface area contributed by atoms with E-state index >= 15 is 0 Å². The lowest BCUT2D eigenvalue weighted by Crippen LogP contribution is -2.16. The number of carbonyl (C=O) groups is 1. The molecule has 0 saturated heterocycles. The van der Waals surface area contributed by atoms with Crippen molar-refractivity contribution >= 4 is 21.7 Å². The Balaban J connectivity index is 0.00000192. The van der Waals surface area contributed by atoms with Crippen molar-refractivity contribution in [3.8, 4) is 11.5 Å². The van der Waals surface area contributed by atoms with Crippen molar-refractivity contribution in [1.82, 2.24) is 0 Å². The molecule has 0 unspecified atom stereocenters. The van der Waals surface area contributed by atoms with Gasteiger partial charge in [0, 0.05) is 13.0 Å². The lowest BCUT2D eigenvalue weighted by Gasteiger charge is -2.16. The lowest BCUT2D eigenvalue weighted by molar-refractivity contribution is -0.131. The van der Waals surface area contributed by atoms with Gasteiger partial charge in [0.05, 0.1) is 10.6 Å². The van der Waals surface area contributed by atoms with E-state index in [4.69, 9.17) is 9.47 Å². The molecule has 1 aliphatic heterocycles. The molecule has 0 aliphatic carbocycles. The van der Waals surface area contributed by atoms with Gasteiger partial charge in [0.2, 0.25) is 0 Å². The van der Waals surface area contributed by atoms with Crippen LogP contribution in [0, 0.1) is 0 Å². The van der Waals surface area contributed by atoms with Crippen molar-refractivity contribution in [2.75, 3.05) is 4.72 Å². The summed E-state index contributed by atoms with van der Waals surface area (Å²) < 4.78 is 37.9. The average molecular weight is 335 g/mol. The lowest BCUT2D eigenvalue weighted by atomic mass is 10.2. The predicted molar refractivity (Wildman–Crippen MR) is 86.1 cm³/mol. The molecule has 1 N–H and O–H groups in total. The van der Waals surface area contributed by atoms with Crippen molar-refractivity contribution in [2.45, 2.75) is 25.9 Å². The van der Waals surface area contributed by atoms with Crippen LogP contribution in [0.25, 0.3) is 0 Å². The van der Waals surface area contributed by atoms with Crippen molar-refractivity contribution in [1.29, 1.82) is 0 Å². The Morgan fingerprint density at radius 2 is 2.00 bits per heavy atom. The Hall–Kier alpha value is -2.54. The number of benzene rings is 2. The number of hydrogen-bond donors (Lipinski definition) is 1. The van der Waals surface area contributed by atoms with Crippen LogP contribution in [0.15, 0.2) is 47.4 Å². The van der Waals surface area contributed by atoms with E-state index in [0.29, 0.717) is 5.75 Å². The van der Waals surface area contributed by atoms with Crippen LogP contribution in [-0.2, 0) is 21.4 Å². The molecule has 6 nitrogen and oxygen atoms in total. The van der Waals surface area contributed by atoms with Crippen LogP contribution in [0.5, 0.6) is 11.5 Å². The van der Waals surface area contributed by atoms with E-state index in [1.165, 1.54) is 25.1 Å². The summed E-state index contributed by atoms with van der Waals surface area (Å²) in [5.41, 5.74) is 0.899. The molecule has 2 aromatic carbocycles. The van der Waals surface area contributed by atoms with E-state index < -0.39 is 16.0 Å². The zero-order valence-electron chi connectivity index (χ0n) is 11.7. The van der Waals surface area contributed by atoms with E-state index in [9.17, 15) is 13.2 Å². The third kappa shape index (κ3) is 3.62. The standard InChI is InChI=1S/C15H13NO5S.CH4/c1-10(17)21-15-6-5-12-8-14(15)16-22(18,19)13-4-2-3-11(7-13)9-20-12;/h2-8,16H,9H2,1H3;1H4. The summed E-state index contributed by atoms with van der Waals surface area (Å²) in [6.45, 7) is 1.49. The van der Waals surface area contributed by atoms with Crippen LogP contribution >= 0.6 is 0 Å². The predicted octanol–water partition coefficient (Wildman–Crippen LogP) is 2.94. The van der Waals surface area contributed by atoms with Gasteiger partial charge < -0.3 is 9.47 Å². The quantitative estimate of drug-likeness (QED) is 0.640. The largest absolute Gasteiger partial charge is 0.489 e. The minimum atomic E-state index is -3.77. The van der Waals surface area contributed by atoms with Gasteiger partial charge in [0.15, 0.2) is 5.75 Å². The van der Waals surface area contributed by atoms with E-state index in [0.717, 1.165) is 5.56 Å². The van der Waals surface area contributed by atoms with Gasteiger partial charge in [-0.3, -0.25) is 9.52 Å². The number of esters is 1. The molecule has 0 spiro atoms. The maximum Gasteiger partial charge on any atom is 0.308 e. The van der Waals surface area contributed by atoms with Crippen LogP contribution in [0.2, 0.25) is 0 Å². The molecule has 1 heterocycles. The van der Waals surface area contributed by atoms with Crippen LogP contribution < -0.4 is 14.2 Å². The number of anilines is 1. The molecule has 0 fully saturated rings. The summed E-state index contributed by atoms with van der Waals surface area (Å²) in [6, 6.07) is 11.1. The van der Waals surface area contributed by atoms with E-state index in [1.54, 1.807) is 24.3 Å². The summed E-state index contributed by atoms with van der Waals surface area (Å²) in [5, 5.41) is 0. The highest BCUT2D eigenvalue weighted by atomic mass is 32.2. The smallest absolute Gasteiger partial charge is 0.308 e. The number of fused-ring (bicyclic) bond motifs is 4. The van der Waals surface area contributed by atoms with Crippen molar-refractivity contribution < 1.29 is 22.7 Å². The number of ether oxygens (including phenoxy) is 2. The maximum atomic E-state index is 12.4. The third-order valence-corrected chi connectivity index (χ3v) is 4.43. The molecule has 2 aromatic rings. The molecular formula is C16H17NO5S. The van der Waals surface area contributed by atoms with Crippen molar-refractivity contribution in [3.63, 3.8) is 0 Å². The molecule has 23 heavy (non-hydrogen) atoms. The first-order chi connectivity index (χ1) is 10.4. The fourth-order valence-electron chi connectivity index (χ4n) is 2.10. The minimum absolute atomic E-state index is 0. The van der Waals surface area contributed by atoms with Gasteiger partial charge in [-0.25, -0.2) is 8.42 Å². The molecule has 1 aliphatic rings. The van der Waals surface area contributed by atoms with Crippen LogP contribution in [0.4, 0.5) is 5.69 Å². The first-order valence-corrected chi connectivity index (χ1v) is 7.99. The Labute approximate surface area is 135 Å². The minimum Gasteiger partial charge on any atom is -0.489 e. The van der Waals surface area contributed by atoms with Gasteiger partial charge in [-0.2, -0.15) is 0 Å². The van der Waals surface area contributed by atoms with Crippen molar-refractivity contribution in [3.05, 3.63) is 48.0 Å². The highest BCUT2D eigenvalue weighted by Crippen LogP contribution is 2.32. The Bertz CT molecular complexity index is 845. The topological polar surface area (TPSA) is 81.7 Å². The van der Waals surface area contributed by atoms with Gasteiger partial charge in [-0.05, 0) is 29.8 Å². The van der Waals surface area contributed by atoms with E-state index in [-0.39, 0.29) is 30.4 Å². The van der Waals surface area contributed by atoms with Crippen LogP contribution in [0.1, 0.15) is 19.9 Å². The second-order valence-corrected chi connectivity index (χ2v) is 6.48. The first-order valence-electron chi connectivity index (χ1n) is 6.51. The summed E-state index contributed by atoms with van der Waals surface area (Å²) in [6.07, 6.45) is 0. The van der Waals surface area contributed by atoms with Gasteiger partial charge >= 0.3 is 5.97 Å². The Morgan fingerprint density at radius 1 is 1.22 bits per heavy atom. The normalized spacial score (nSPS) is 14.5. The molecule has 0 atom stereocenters. The number of hydrogen-bond acceptors (Lipinski definition) is 5. The average Bonchev–Trinajstić information content (AvgIpc) is 2.46. The van der Waals surface area contributed by atoms with Gasteiger partial charge in [-0.15, -0.1) is 0 Å².